The van der Waals surface area contributed by atoms with Crippen LogP contribution in [0.4, 0.5) is 0 Å². The van der Waals surface area contributed by atoms with Gasteiger partial charge in [-0.15, -0.1) is 0 Å². The van der Waals surface area contributed by atoms with Crippen molar-refractivity contribution in [3.63, 3.8) is 0 Å². The van der Waals surface area contributed by atoms with Crippen molar-refractivity contribution in [3.05, 3.63) is 73.3 Å². The van der Waals surface area contributed by atoms with Crippen LogP contribution in [0.3, 0.4) is 0 Å². The van der Waals surface area contributed by atoms with Crippen molar-refractivity contribution in [1.29, 1.82) is 0 Å². The molecule has 27 heavy (non-hydrogen) atoms. The predicted molar refractivity (Wildman–Crippen MR) is 110 cm³/mol. The van der Waals surface area contributed by atoms with Gasteiger partial charge in [0.05, 0.1) is 23.0 Å². The molecule has 0 aliphatic heterocycles. The highest BCUT2D eigenvalue weighted by atomic mass is 79.9. The number of hydrogen-bond donors (Lipinski definition) is 1. The highest BCUT2D eigenvalue weighted by molar-refractivity contribution is 9.11. The van der Waals surface area contributed by atoms with Gasteiger partial charge in [-0.2, -0.15) is 5.10 Å². The Morgan fingerprint density at radius 1 is 1.07 bits per heavy atom. The number of halogens is 3. The summed E-state index contributed by atoms with van der Waals surface area (Å²) in [5.74, 6) is -1.25. The minimum absolute atomic E-state index is 0.197. The number of nitrogens with zero attached hydrogens (tertiary/aromatic N) is 2. The molecule has 1 aromatic heterocycles. The summed E-state index contributed by atoms with van der Waals surface area (Å²) in [7, 11) is 0. The molecule has 1 heterocycles. The zero-order valence-electron chi connectivity index (χ0n) is 13.5. The Kier molecular flexibility index (Phi) is 6.13. The summed E-state index contributed by atoms with van der Waals surface area (Å²) in [5.41, 5.74) is 1.37. The van der Waals surface area contributed by atoms with Gasteiger partial charge in [0.1, 0.15) is 5.75 Å². The number of carboxylic acids is 1. The maximum absolute atomic E-state index is 12.9. The quantitative estimate of drug-likeness (QED) is 0.437. The minimum atomic E-state index is -1.12. The van der Waals surface area contributed by atoms with Gasteiger partial charge in [0.25, 0.3) is 0 Å². The number of ether oxygens (including phenoxy) is 1. The van der Waals surface area contributed by atoms with E-state index in [1.165, 1.54) is 6.20 Å². The van der Waals surface area contributed by atoms with E-state index in [1.54, 1.807) is 29.1 Å². The zero-order valence-corrected chi connectivity index (χ0v) is 18.3. The van der Waals surface area contributed by atoms with Crippen LogP contribution in [0.15, 0.2) is 62.2 Å². The van der Waals surface area contributed by atoms with Crippen LogP contribution in [0.5, 0.6) is 5.75 Å². The SMILES string of the molecule is O=C(O)COc1ccc(Br)cc1C(=O)c1cnn(-c2ccc(Br)cc2Br)c1. The lowest BCUT2D eigenvalue weighted by Gasteiger charge is -2.09. The molecule has 0 spiro atoms. The summed E-state index contributed by atoms with van der Waals surface area (Å²) < 4.78 is 9.22. The van der Waals surface area contributed by atoms with Gasteiger partial charge in [0, 0.05) is 19.6 Å². The van der Waals surface area contributed by atoms with Crippen molar-refractivity contribution in [2.75, 3.05) is 6.61 Å². The fourth-order valence-corrected chi connectivity index (χ4v) is 3.93. The average molecular weight is 559 g/mol. The van der Waals surface area contributed by atoms with Crippen LogP contribution in [0.1, 0.15) is 15.9 Å². The Hall–Kier alpha value is -1.97. The minimum Gasteiger partial charge on any atom is -0.481 e. The zero-order chi connectivity index (χ0) is 19.6. The van der Waals surface area contributed by atoms with E-state index < -0.39 is 12.6 Å². The van der Waals surface area contributed by atoms with Crippen molar-refractivity contribution >= 4 is 59.5 Å². The summed E-state index contributed by atoms with van der Waals surface area (Å²) >= 11 is 10.2. The molecule has 0 amide bonds. The van der Waals surface area contributed by atoms with Gasteiger partial charge in [0.2, 0.25) is 0 Å². The number of rotatable bonds is 6. The van der Waals surface area contributed by atoms with Crippen LogP contribution in [0.2, 0.25) is 0 Å². The van der Waals surface area contributed by atoms with Crippen molar-refractivity contribution in [2.45, 2.75) is 0 Å². The molecule has 0 aliphatic rings. The van der Waals surface area contributed by atoms with Crippen LogP contribution in [-0.4, -0.2) is 33.2 Å². The molecule has 1 N–H and O–H groups in total. The molecule has 0 fully saturated rings. The third-order valence-corrected chi connectivity index (χ3v) is 5.16. The fraction of sp³-hybridized carbons (Fsp3) is 0.0556. The Morgan fingerprint density at radius 2 is 1.78 bits per heavy atom. The first-order valence-corrected chi connectivity index (χ1v) is 9.92. The highest BCUT2D eigenvalue weighted by Crippen LogP contribution is 2.28. The highest BCUT2D eigenvalue weighted by Gasteiger charge is 2.18. The van der Waals surface area contributed by atoms with E-state index >= 15 is 0 Å². The molecule has 6 nitrogen and oxygen atoms in total. The first kappa shape index (κ1) is 19.8. The summed E-state index contributed by atoms with van der Waals surface area (Å²) in [6.07, 6.45) is 3.07. The molecule has 0 saturated heterocycles. The van der Waals surface area contributed by atoms with Crippen LogP contribution >= 0.6 is 47.8 Å². The normalized spacial score (nSPS) is 10.6. The van der Waals surface area contributed by atoms with Gasteiger partial charge in [-0.3, -0.25) is 4.79 Å². The number of hydrogen-bond acceptors (Lipinski definition) is 4. The van der Waals surface area contributed by atoms with Gasteiger partial charge in [-0.1, -0.05) is 31.9 Å². The Labute approximate surface area is 179 Å². The summed E-state index contributed by atoms with van der Waals surface area (Å²) in [4.78, 5) is 23.7. The Balaban J connectivity index is 1.94. The standard InChI is InChI=1S/C18H11Br3N2O4/c19-11-2-4-16(27-9-17(24)25)13(5-11)18(26)10-7-22-23(8-10)15-3-1-12(20)6-14(15)21/h1-8H,9H2,(H,24,25). The van der Waals surface area contributed by atoms with Gasteiger partial charge < -0.3 is 9.84 Å². The molecule has 0 aliphatic carbocycles. The fourth-order valence-electron chi connectivity index (χ4n) is 2.34. The van der Waals surface area contributed by atoms with Crippen molar-refractivity contribution < 1.29 is 19.4 Å². The van der Waals surface area contributed by atoms with E-state index in [1.807, 2.05) is 18.2 Å². The first-order valence-electron chi connectivity index (χ1n) is 7.54. The van der Waals surface area contributed by atoms with E-state index in [4.69, 9.17) is 9.84 Å². The molecule has 9 heteroatoms. The number of aliphatic carboxylic acids is 1. The molecule has 0 radical (unpaired) electrons. The predicted octanol–water partition coefficient (Wildman–Crippen LogP) is 4.85. The second-order valence-electron chi connectivity index (χ2n) is 5.42. The van der Waals surface area contributed by atoms with Crippen LogP contribution in [0.25, 0.3) is 5.69 Å². The first-order chi connectivity index (χ1) is 12.8. The van der Waals surface area contributed by atoms with Crippen molar-refractivity contribution in [3.8, 4) is 11.4 Å². The molecule has 0 atom stereocenters. The maximum Gasteiger partial charge on any atom is 0.341 e. The van der Waals surface area contributed by atoms with Crippen LogP contribution in [-0.2, 0) is 4.79 Å². The van der Waals surface area contributed by atoms with E-state index in [0.717, 1.165) is 14.6 Å². The molecule has 0 saturated carbocycles. The second-order valence-corrected chi connectivity index (χ2v) is 8.11. The number of ketones is 1. The van der Waals surface area contributed by atoms with E-state index in [9.17, 15) is 9.59 Å². The average Bonchev–Trinajstić information content (AvgIpc) is 3.09. The molecule has 2 aromatic carbocycles. The molecular weight excluding hydrogens is 548 g/mol. The number of benzene rings is 2. The van der Waals surface area contributed by atoms with Crippen molar-refractivity contribution in [1.82, 2.24) is 9.78 Å². The summed E-state index contributed by atoms with van der Waals surface area (Å²) in [5, 5.41) is 13.1. The lowest BCUT2D eigenvalue weighted by Crippen LogP contribution is -2.12. The molecule has 3 aromatic rings. The topological polar surface area (TPSA) is 81.4 Å². The molecule has 0 bridgehead atoms. The van der Waals surface area contributed by atoms with E-state index in [0.29, 0.717) is 10.0 Å². The Bertz CT molecular complexity index is 1030. The van der Waals surface area contributed by atoms with Gasteiger partial charge in [0.15, 0.2) is 12.4 Å². The molecular formula is C18H11Br3N2O4. The third-order valence-electron chi connectivity index (χ3n) is 3.54. The van der Waals surface area contributed by atoms with Gasteiger partial charge in [-0.25, -0.2) is 9.48 Å². The third kappa shape index (κ3) is 4.66. The second kappa shape index (κ2) is 8.37. The number of carbonyl (C=O) groups excluding carboxylic acids is 1. The van der Waals surface area contributed by atoms with Crippen LogP contribution in [0, 0.1) is 0 Å². The maximum atomic E-state index is 12.9. The lowest BCUT2D eigenvalue weighted by atomic mass is 10.1. The van der Waals surface area contributed by atoms with E-state index in [-0.39, 0.29) is 17.1 Å². The molecule has 3 rings (SSSR count). The summed E-state index contributed by atoms with van der Waals surface area (Å²) in [6.45, 7) is -0.535. The monoisotopic (exact) mass is 556 g/mol. The van der Waals surface area contributed by atoms with Gasteiger partial charge in [-0.05, 0) is 52.3 Å². The van der Waals surface area contributed by atoms with Gasteiger partial charge >= 0.3 is 5.97 Å². The van der Waals surface area contributed by atoms with Crippen LogP contribution < -0.4 is 4.74 Å². The number of carbonyl (C=O) groups is 2. The number of carboxylic acid groups (broad SMARTS) is 1. The largest absolute Gasteiger partial charge is 0.481 e. The summed E-state index contributed by atoms with van der Waals surface area (Å²) in [6, 6.07) is 10.4. The Morgan fingerprint density at radius 3 is 2.48 bits per heavy atom. The van der Waals surface area contributed by atoms with E-state index in [2.05, 4.69) is 52.9 Å². The lowest BCUT2D eigenvalue weighted by molar-refractivity contribution is -0.139. The number of aromatic nitrogens is 2. The smallest absolute Gasteiger partial charge is 0.341 e. The molecule has 0 unspecified atom stereocenters. The molecule has 138 valence electrons. The van der Waals surface area contributed by atoms with Crippen molar-refractivity contribution in [2.24, 2.45) is 0 Å².